The van der Waals surface area contributed by atoms with Crippen molar-refractivity contribution in [3.8, 4) is 5.69 Å². The fourth-order valence-corrected chi connectivity index (χ4v) is 4.87. The van der Waals surface area contributed by atoms with E-state index in [4.69, 9.17) is 9.97 Å². The standard InChI is InChI=1S/C32H29F3N4O2/c1-20-8-16-26(17-9-20)39-30(37-28-7-5-4-6-27(28)31(39)41)22(3)38-19-25(15-10-21(2)40)36-29(38)18-23-11-13-24(14-12-23)32(33,34)35/h4-9,11-14,16-17,19,22H,10,15,18H2,1-3H3. The van der Waals surface area contributed by atoms with E-state index in [0.717, 1.165) is 17.7 Å². The van der Waals surface area contributed by atoms with Gasteiger partial charge in [-0.15, -0.1) is 0 Å². The molecule has 2 aromatic heterocycles. The largest absolute Gasteiger partial charge is 0.416 e. The molecular formula is C32H29F3N4O2. The van der Waals surface area contributed by atoms with Crippen LogP contribution < -0.4 is 5.56 Å². The summed E-state index contributed by atoms with van der Waals surface area (Å²) in [6.07, 6.45) is -1.59. The number of Topliss-reactive ketones (excluding diaryl/α,β-unsaturated/α-hetero) is 1. The van der Waals surface area contributed by atoms with E-state index in [2.05, 4.69) is 0 Å². The van der Waals surface area contributed by atoms with E-state index in [1.54, 1.807) is 22.8 Å². The number of halogens is 3. The Labute approximate surface area is 235 Å². The molecule has 0 aliphatic carbocycles. The van der Waals surface area contributed by atoms with E-state index in [0.29, 0.717) is 52.3 Å². The van der Waals surface area contributed by atoms with E-state index >= 15 is 0 Å². The van der Waals surface area contributed by atoms with Crippen LogP contribution in [0.25, 0.3) is 16.6 Å². The third-order valence-electron chi connectivity index (χ3n) is 7.12. The number of benzene rings is 3. The molecule has 9 heteroatoms. The van der Waals surface area contributed by atoms with Gasteiger partial charge in [0.2, 0.25) is 0 Å². The first-order valence-electron chi connectivity index (χ1n) is 13.3. The Morgan fingerprint density at radius 3 is 2.29 bits per heavy atom. The molecule has 0 bridgehead atoms. The Kier molecular flexibility index (Phi) is 7.62. The molecule has 210 valence electrons. The number of aryl methyl sites for hydroxylation is 2. The second-order valence-electron chi connectivity index (χ2n) is 10.3. The molecule has 0 saturated heterocycles. The van der Waals surface area contributed by atoms with Crippen LogP contribution in [0, 0.1) is 6.92 Å². The van der Waals surface area contributed by atoms with Crippen LogP contribution >= 0.6 is 0 Å². The van der Waals surface area contributed by atoms with Crippen molar-refractivity contribution in [1.82, 2.24) is 19.1 Å². The molecule has 0 N–H and O–H groups in total. The normalized spacial score (nSPS) is 12.5. The molecule has 0 radical (unpaired) electrons. The Morgan fingerprint density at radius 1 is 0.951 bits per heavy atom. The van der Waals surface area contributed by atoms with Crippen LogP contribution in [0.3, 0.4) is 0 Å². The van der Waals surface area contributed by atoms with Crippen LogP contribution in [0.4, 0.5) is 13.2 Å². The number of alkyl halides is 3. The van der Waals surface area contributed by atoms with Crippen molar-refractivity contribution in [2.75, 3.05) is 0 Å². The predicted octanol–water partition coefficient (Wildman–Crippen LogP) is 6.63. The van der Waals surface area contributed by atoms with Crippen molar-refractivity contribution in [3.05, 3.63) is 123 Å². The summed E-state index contributed by atoms with van der Waals surface area (Å²) >= 11 is 0. The number of para-hydroxylation sites is 1. The number of hydrogen-bond acceptors (Lipinski definition) is 4. The van der Waals surface area contributed by atoms with Crippen LogP contribution in [0.5, 0.6) is 0 Å². The summed E-state index contributed by atoms with van der Waals surface area (Å²) in [5.41, 5.74) is 2.68. The second kappa shape index (κ2) is 11.2. The van der Waals surface area contributed by atoms with Gasteiger partial charge in [0.25, 0.3) is 5.56 Å². The fourth-order valence-electron chi connectivity index (χ4n) is 4.87. The van der Waals surface area contributed by atoms with Gasteiger partial charge in [-0.25, -0.2) is 9.97 Å². The van der Waals surface area contributed by atoms with Crippen molar-refractivity contribution in [2.45, 2.75) is 52.3 Å². The Morgan fingerprint density at radius 2 is 1.63 bits per heavy atom. The van der Waals surface area contributed by atoms with E-state index in [-0.39, 0.29) is 17.8 Å². The van der Waals surface area contributed by atoms with Crippen LogP contribution in [0.2, 0.25) is 0 Å². The quantitative estimate of drug-likeness (QED) is 0.214. The first-order valence-corrected chi connectivity index (χ1v) is 13.3. The molecule has 3 aromatic carbocycles. The Bertz CT molecular complexity index is 1770. The Balaban J connectivity index is 1.63. The van der Waals surface area contributed by atoms with Gasteiger partial charge in [0, 0.05) is 19.0 Å². The van der Waals surface area contributed by atoms with Gasteiger partial charge >= 0.3 is 6.18 Å². The minimum atomic E-state index is -4.42. The summed E-state index contributed by atoms with van der Waals surface area (Å²) < 4.78 is 42.9. The highest BCUT2D eigenvalue weighted by molar-refractivity contribution is 5.78. The molecule has 0 spiro atoms. The number of nitrogens with zero attached hydrogens (tertiary/aromatic N) is 4. The van der Waals surface area contributed by atoms with E-state index in [1.165, 1.54) is 19.1 Å². The topological polar surface area (TPSA) is 69.8 Å². The minimum Gasteiger partial charge on any atom is -0.324 e. The molecule has 2 heterocycles. The third-order valence-corrected chi connectivity index (χ3v) is 7.12. The Hall–Kier alpha value is -4.53. The highest BCUT2D eigenvalue weighted by Gasteiger charge is 2.30. The number of aromatic nitrogens is 4. The zero-order valence-electron chi connectivity index (χ0n) is 22.9. The lowest BCUT2D eigenvalue weighted by Crippen LogP contribution is -2.27. The number of carbonyl (C=O) groups excluding carboxylic acids is 1. The molecule has 6 nitrogen and oxygen atoms in total. The van der Waals surface area contributed by atoms with Gasteiger partial charge in [0.05, 0.1) is 33.9 Å². The maximum absolute atomic E-state index is 13.8. The summed E-state index contributed by atoms with van der Waals surface area (Å²) in [5, 5.41) is 0.488. The van der Waals surface area contributed by atoms with Gasteiger partial charge in [-0.1, -0.05) is 42.0 Å². The maximum Gasteiger partial charge on any atom is 0.416 e. The van der Waals surface area contributed by atoms with Crippen LogP contribution in [-0.4, -0.2) is 24.9 Å². The van der Waals surface area contributed by atoms with Crippen LogP contribution in [0.1, 0.15) is 60.3 Å². The summed E-state index contributed by atoms with van der Waals surface area (Å²) in [6.45, 7) is 5.40. The van der Waals surface area contributed by atoms with Crippen molar-refractivity contribution in [3.63, 3.8) is 0 Å². The number of imidazole rings is 1. The summed E-state index contributed by atoms with van der Waals surface area (Å²) in [5.74, 6) is 1.11. The molecule has 1 atom stereocenters. The summed E-state index contributed by atoms with van der Waals surface area (Å²) in [7, 11) is 0. The van der Waals surface area contributed by atoms with Gasteiger partial charge in [-0.3, -0.25) is 9.36 Å². The molecule has 1 unspecified atom stereocenters. The molecule has 41 heavy (non-hydrogen) atoms. The molecule has 0 aliphatic heterocycles. The van der Waals surface area contributed by atoms with E-state index < -0.39 is 17.8 Å². The van der Waals surface area contributed by atoms with Crippen LogP contribution in [0.15, 0.2) is 83.8 Å². The maximum atomic E-state index is 13.8. The molecule has 0 fully saturated rings. The summed E-state index contributed by atoms with van der Waals surface area (Å²) in [4.78, 5) is 35.2. The van der Waals surface area contributed by atoms with Gasteiger partial charge in [-0.2, -0.15) is 13.2 Å². The lowest BCUT2D eigenvalue weighted by Gasteiger charge is -2.21. The van der Waals surface area contributed by atoms with Gasteiger partial charge in [0.15, 0.2) is 0 Å². The van der Waals surface area contributed by atoms with E-state index in [1.807, 2.05) is 54.9 Å². The van der Waals surface area contributed by atoms with Crippen molar-refractivity contribution in [1.29, 1.82) is 0 Å². The highest BCUT2D eigenvalue weighted by Crippen LogP contribution is 2.30. The van der Waals surface area contributed by atoms with Gasteiger partial charge in [0.1, 0.15) is 17.4 Å². The zero-order valence-corrected chi connectivity index (χ0v) is 22.9. The van der Waals surface area contributed by atoms with E-state index in [9.17, 15) is 22.8 Å². The number of rotatable bonds is 8. The van der Waals surface area contributed by atoms with Crippen molar-refractivity contribution >= 4 is 16.7 Å². The third kappa shape index (κ3) is 5.99. The minimum absolute atomic E-state index is 0.0290. The molecule has 5 rings (SSSR count). The number of ketones is 1. The molecular weight excluding hydrogens is 529 g/mol. The first kappa shape index (κ1) is 28.0. The molecule has 5 aromatic rings. The lowest BCUT2D eigenvalue weighted by atomic mass is 10.1. The average Bonchev–Trinajstić information content (AvgIpc) is 3.34. The average molecular weight is 559 g/mol. The summed E-state index contributed by atoms with van der Waals surface area (Å²) in [6, 6.07) is 19.3. The fraction of sp³-hybridized carbons (Fsp3) is 0.250. The van der Waals surface area contributed by atoms with Gasteiger partial charge in [-0.05, 0) is 69.2 Å². The predicted molar refractivity (Wildman–Crippen MR) is 151 cm³/mol. The number of fused-ring (bicyclic) bond motifs is 1. The first-order chi connectivity index (χ1) is 19.5. The smallest absolute Gasteiger partial charge is 0.324 e. The monoisotopic (exact) mass is 558 g/mol. The van der Waals surface area contributed by atoms with Crippen molar-refractivity contribution < 1.29 is 18.0 Å². The highest BCUT2D eigenvalue weighted by atomic mass is 19.4. The number of carbonyl (C=O) groups is 1. The van der Waals surface area contributed by atoms with Gasteiger partial charge < -0.3 is 9.36 Å². The lowest BCUT2D eigenvalue weighted by molar-refractivity contribution is -0.137. The SMILES string of the molecule is CC(=O)CCc1cn(C(C)c2nc3ccccc3c(=O)n2-c2ccc(C)cc2)c(Cc2ccc(C(F)(F)F)cc2)n1. The second-order valence-corrected chi connectivity index (χ2v) is 10.3. The molecule has 0 saturated carbocycles. The molecule has 0 aliphatic rings. The molecule has 0 amide bonds. The van der Waals surface area contributed by atoms with Crippen molar-refractivity contribution in [2.24, 2.45) is 0 Å². The van der Waals surface area contributed by atoms with Crippen LogP contribution in [-0.2, 0) is 23.8 Å². The number of hydrogen-bond donors (Lipinski definition) is 0. The zero-order chi connectivity index (χ0) is 29.3.